The summed E-state index contributed by atoms with van der Waals surface area (Å²) < 4.78 is 29.8. The normalized spacial score (nSPS) is 22.0. The van der Waals surface area contributed by atoms with Crippen molar-refractivity contribution in [3.63, 3.8) is 0 Å². The minimum absolute atomic E-state index is 0.156. The second-order valence-electron chi connectivity index (χ2n) is 8.91. The van der Waals surface area contributed by atoms with Crippen molar-refractivity contribution in [1.29, 1.82) is 0 Å². The molecular formula is C22H26F2N2O. The molecule has 4 rings (SSSR count). The number of fused-ring (bicyclic) bond motifs is 3. The maximum absolute atomic E-state index is 13.9. The Morgan fingerprint density at radius 2 is 1.56 bits per heavy atom. The van der Waals surface area contributed by atoms with Crippen LogP contribution in [0.4, 0.5) is 8.78 Å². The molecule has 1 fully saturated rings. The number of benzene rings is 2. The third-order valence-corrected chi connectivity index (χ3v) is 5.39. The predicted octanol–water partition coefficient (Wildman–Crippen LogP) is 4.73. The Balaban J connectivity index is 1.86. The van der Waals surface area contributed by atoms with Gasteiger partial charge < -0.3 is 14.6 Å². The summed E-state index contributed by atoms with van der Waals surface area (Å²) in [5, 5.41) is 12.2. The fourth-order valence-electron chi connectivity index (χ4n) is 4.41. The molecule has 1 aliphatic heterocycles. The number of nitrogens with zero attached hydrogens (tertiary/aromatic N) is 2. The molecule has 27 heavy (non-hydrogen) atoms. The van der Waals surface area contributed by atoms with Crippen molar-refractivity contribution in [2.24, 2.45) is 5.41 Å². The Morgan fingerprint density at radius 1 is 1.00 bits per heavy atom. The Hall–Kier alpha value is -1.98. The molecule has 0 radical (unpaired) electrons. The van der Waals surface area contributed by atoms with Crippen molar-refractivity contribution in [2.75, 3.05) is 19.6 Å². The van der Waals surface area contributed by atoms with Crippen LogP contribution in [0.1, 0.15) is 33.2 Å². The van der Waals surface area contributed by atoms with Gasteiger partial charge in [0.15, 0.2) is 0 Å². The highest BCUT2D eigenvalue weighted by atomic mass is 19.1. The van der Waals surface area contributed by atoms with E-state index in [4.69, 9.17) is 0 Å². The van der Waals surface area contributed by atoms with E-state index in [1.54, 1.807) is 12.1 Å². The standard InChI is InChI=1S/C22H26F2N2O/c1-22(2,3)13-25-9-8-21(27)20(12-25)26-18-6-4-14(23)10-16(18)17-11-15(24)5-7-19(17)26/h4-7,10-11,20-21,27H,8-9,12-13H2,1-3H3/t20-,21-/m1/s1. The molecule has 2 aromatic carbocycles. The Labute approximate surface area is 158 Å². The smallest absolute Gasteiger partial charge is 0.123 e. The van der Waals surface area contributed by atoms with Crippen LogP contribution in [-0.4, -0.2) is 40.3 Å². The Kier molecular flexibility index (Phi) is 4.47. The van der Waals surface area contributed by atoms with Gasteiger partial charge in [-0.05, 0) is 48.2 Å². The fourth-order valence-corrected chi connectivity index (χ4v) is 4.41. The lowest BCUT2D eigenvalue weighted by Crippen LogP contribution is -2.46. The lowest BCUT2D eigenvalue weighted by molar-refractivity contribution is 0.0241. The first-order valence-corrected chi connectivity index (χ1v) is 9.52. The number of likely N-dealkylation sites (tertiary alicyclic amines) is 1. The molecule has 1 saturated heterocycles. The van der Waals surface area contributed by atoms with E-state index < -0.39 is 6.10 Å². The molecule has 3 nitrogen and oxygen atoms in total. The quantitative estimate of drug-likeness (QED) is 0.705. The summed E-state index contributed by atoms with van der Waals surface area (Å²) >= 11 is 0. The van der Waals surface area contributed by atoms with Crippen molar-refractivity contribution in [3.05, 3.63) is 48.0 Å². The van der Waals surface area contributed by atoms with Gasteiger partial charge in [0, 0.05) is 41.4 Å². The predicted molar refractivity (Wildman–Crippen MR) is 105 cm³/mol. The fraction of sp³-hybridized carbons (Fsp3) is 0.455. The van der Waals surface area contributed by atoms with Crippen LogP contribution in [0, 0.1) is 17.0 Å². The van der Waals surface area contributed by atoms with Gasteiger partial charge in [-0.15, -0.1) is 0 Å². The third-order valence-electron chi connectivity index (χ3n) is 5.39. The molecule has 2 atom stereocenters. The maximum Gasteiger partial charge on any atom is 0.123 e. The van der Waals surface area contributed by atoms with E-state index in [9.17, 15) is 13.9 Å². The van der Waals surface area contributed by atoms with Crippen LogP contribution in [0.25, 0.3) is 21.8 Å². The van der Waals surface area contributed by atoms with E-state index in [-0.39, 0.29) is 23.1 Å². The molecule has 0 saturated carbocycles. The first-order chi connectivity index (χ1) is 12.7. The Bertz CT molecular complexity index is 930. The van der Waals surface area contributed by atoms with Crippen LogP contribution in [0.3, 0.4) is 0 Å². The SMILES string of the molecule is CC(C)(C)CN1CC[C@@H](O)[C@H](n2c3ccc(F)cc3c3cc(F)ccc32)C1. The van der Waals surface area contributed by atoms with Gasteiger partial charge in [-0.25, -0.2) is 8.78 Å². The molecule has 1 N–H and O–H groups in total. The summed E-state index contributed by atoms with van der Waals surface area (Å²) in [5.74, 6) is -0.686. The minimum Gasteiger partial charge on any atom is -0.391 e. The van der Waals surface area contributed by atoms with E-state index in [1.807, 2.05) is 0 Å². The number of aliphatic hydroxyl groups excluding tert-OH is 1. The highest BCUT2D eigenvalue weighted by molar-refractivity contribution is 6.08. The highest BCUT2D eigenvalue weighted by Crippen LogP contribution is 2.36. The molecule has 1 aromatic heterocycles. The van der Waals surface area contributed by atoms with Gasteiger partial charge in [0.05, 0.1) is 12.1 Å². The molecule has 2 heterocycles. The minimum atomic E-state index is -0.491. The van der Waals surface area contributed by atoms with Crippen LogP contribution in [0.2, 0.25) is 0 Å². The number of halogens is 2. The van der Waals surface area contributed by atoms with Crippen LogP contribution in [0.5, 0.6) is 0 Å². The van der Waals surface area contributed by atoms with E-state index in [2.05, 4.69) is 30.2 Å². The lowest BCUT2D eigenvalue weighted by Gasteiger charge is -2.40. The van der Waals surface area contributed by atoms with Crippen molar-refractivity contribution in [3.8, 4) is 0 Å². The zero-order valence-electron chi connectivity index (χ0n) is 16.0. The van der Waals surface area contributed by atoms with Gasteiger partial charge in [-0.3, -0.25) is 0 Å². The zero-order valence-corrected chi connectivity index (χ0v) is 16.0. The first kappa shape index (κ1) is 18.4. The number of hydrogen-bond donors (Lipinski definition) is 1. The van der Waals surface area contributed by atoms with Crippen molar-refractivity contribution >= 4 is 21.8 Å². The molecular weight excluding hydrogens is 346 g/mol. The van der Waals surface area contributed by atoms with Crippen LogP contribution in [0.15, 0.2) is 36.4 Å². The molecule has 0 aliphatic carbocycles. The maximum atomic E-state index is 13.9. The van der Waals surface area contributed by atoms with E-state index in [1.165, 1.54) is 24.3 Å². The monoisotopic (exact) mass is 372 g/mol. The number of aromatic nitrogens is 1. The second kappa shape index (κ2) is 6.57. The van der Waals surface area contributed by atoms with E-state index in [0.29, 0.717) is 23.7 Å². The molecule has 1 aliphatic rings. The summed E-state index contributed by atoms with van der Waals surface area (Å²) in [6, 6.07) is 9.07. The number of hydrogen-bond acceptors (Lipinski definition) is 2. The summed E-state index contributed by atoms with van der Waals surface area (Å²) in [5.41, 5.74) is 1.83. The van der Waals surface area contributed by atoms with Gasteiger partial charge >= 0.3 is 0 Å². The molecule has 0 bridgehead atoms. The summed E-state index contributed by atoms with van der Waals surface area (Å²) in [4.78, 5) is 2.38. The van der Waals surface area contributed by atoms with Crippen molar-refractivity contribution in [2.45, 2.75) is 39.3 Å². The van der Waals surface area contributed by atoms with Gasteiger partial charge in [0.1, 0.15) is 11.6 Å². The highest BCUT2D eigenvalue weighted by Gasteiger charge is 2.32. The average Bonchev–Trinajstić information content (AvgIpc) is 2.88. The van der Waals surface area contributed by atoms with Crippen molar-refractivity contribution < 1.29 is 13.9 Å². The summed E-state index contributed by atoms with van der Waals surface area (Å²) in [7, 11) is 0. The van der Waals surface area contributed by atoms with Crippen LogP contribution >= 0.6 is 0 Å². The molecule has 5 heteroatoms. The lowest BCUT2D eigenvalue weighted by atomic mass is 9.93. The second-order valence-corrected chi connectivity index (χ2v) is 8.91. The largest absolute Gasteiger partial charge is 0.391 e. The molecule has 0 spiro atoms. The van der Waals surface area contributed by atoms with Gasteiger partial charge in [-0.1, -0.05) is 20.8 Å². The third kappa shape index (κ3) is 3.46. The number of rotatable bonds is 2. The summed E-state index contributed by atoms with van der Waals surface area (Å²) in [6.07, 6.45) is 0.194. The molecule has 144 valence electrons. The topological polar surface area (TPSA) is 28.4 Å². The van der Waals surface area contributed by atoms with E-state index in [0.717, 1.165) is 24.1 Å². The first-order valence-electron chi connectivity index (χ1n) is 9.52. The number of piperidine rings is 1. The zero-order chi connectivity index (χ0) is 19.3. The number of aliphatic hydroxyl groups is 1. The molecule has 3 aromatic rings. The van der Waals surface area contributed by atoms with Gasteiger partial charge in [-0.2, -0.15) is 0 Å². The van der Waals surface area contributed by atoms with E-state index >= 15 is 0 Å². The van der Waals surface area contributed by atoms with Crippen LogP contribution in [-0.2, 0) is 0 Å². The molecule has 0 amide bonds. The van der Waals surface area contributed by atoms with Crippen LogP contribution < -0.4 is 0 Å². The average molecular weight is 372 g/mol. The Morgan fingerprint density at radius 3 is 2.07 bits per heavy atom. The molecule has 0 unspecified atom stereocenters. The van der Waals surface area contributed by atoms with Crippen molar-refractivity contribution in [1.82, 2.24) is 9.47 Å². The van der Waals surface area contributed by atoms with Gasteiger partial charge in [0.25, 0.3) is 0 Å². The summed E-state index contributed by atoms with van der Waals surface area (Å²) in [6.45, 7) is 9.13. The van der Waals surface area contributed by atoms with Gasteiger partial charge in [0.2, 0.25) is 0 Å².